The quantitative estimate of drug-likeness (QED) is 0.633. The van der Waals surface area contributed by atoms with E-state index in [-0.39, 0.29) is 11.8 Å². The molecular weight excluding hydrogens is 372 g/mol. The summed E-state index contributed by atoms with van der Waals surface area (Å²) >= 11 is 1.38. The highest BCUT2D eigenvalue weighted by Gasteiger charge is 2.16. The molecule has 0 bridgehead atoms. The van der Waals surface area contributed by atoms with Gasteiger partial charge in [-0.3, -0.25) is 9.59 Å². The van der Waals surface area contributed by atoms with Gasteiger partial charge in [-0.1, -0.05) is 24.3 Å². The second kappa shape index (κ2) is 9.19. The van der Waals surface area contributed by atoms with Crippen LogP contribution in [-0.2, 0) is 6.54 Å². The van der Waals surface area contributed by atoms with Gasteiger partial charge >= 0.3 is 0 Å². The van der Waals surface area contributed by atoms with Crippen molar-refractivity contribution in [3.05, 3.63) is 82.0 Å². The third-order valence-corrected chi connectivity index (χ3v) is 5.18. The van der Waals surface area contributed by atoms with Crippen molar-refractivity contribution in [2.45, 2.75) is 13.5 Å². The number of methoxy groups -OCH3 is 1. The highest BCUT2D eigenvalue weighted by atomic mass is 32.1. The van der Waals surface area contributed by atoms with E-state index in [1.165, 1.54) is 11.3 Å². The number of anilines is 1. The number of nitrogens with zero attached hydrogens (tertiary/aromatic N) is 1. The highest BCUT2D eigenvalue weighted by Crippen LogP contribution is 2.18. The largest absolute Gasteiger partial charge is 0.497 e. The molecule has 1 aromatic heterocycles. The van der Waals surface area contributed by atoms with Crippen LogP contribution in [0.4, 0.5) is 5.69 Å². The van der Waals surface area contributed by atoms with Crippen LogP contribution in [0.5, 0.6) is 5.75 Å². The predicted molar refractivity (Wildman–Crippen MR) is 112 cm³/mol. The van der Waals surface area contributed by atoms with Gasteiger partial charge in [-0.2, -0.15) is 0 Å². The average Bonchev–Trinajstić information content (AvgIpc) is 3.27. The van der Waals surface area contributed by atoms with E-state index in [0.717, 1.165) is 11.3 Å². The number of hydrogen-bond donors (Lipinski definition) is 1. The second-order valence-electron chi connectivity index (χ2n) is 6.18. The molecule has 0 spiro atoms. The zero-order chi connectivity index (χ0) is 19.9. The van der Waals surface area contributed by atoms with E-state index < -0.39 is 0 Å². The zero-order valence-electron chi connectivity index (χ0n) is 15.8. The molecule has 0 radical (unpaired) electrons. The van der Waals surface area contributed by atoms with Crippen LogP contribution < -0.4 is 10.1 Å². The molecule has 0 unspecified atom stereocenters. The van der Waals surface area contributed by atoms with Gasteiger partial charge < -0.3 is 15.0 Å². The lowest BCUT2D eigenvalue weighted by atomic mass is 10.1. The second-order valence-corrected chi connectivity index (χ2v) is 7.13. The summed E-state index contributed by atoms with van der Waals surface area (Å²) in [5, 5.41) is 4.70. The van der Waals surface area contributed by atoms with Crippen LogP contribution in [0, 0.1) is 0 Å². The van der Waals surface area contributed by atoms with Gasteiger partial charge in [-0.15, -0.1) is 11.3 Å². The molecule has 0 saturated heterocycles. The molecule has 144 valence electrons. The van der Waals surface area contributed by atoms with Crippen LogP contribution >= 0.6 is 11.3 Å². The number of ether oxygens (including phenoxy) is 1. The lowest BCUT2D eigenvalue weighted by molar-refractivity contribution is 0.0752. The number of rotatable bonds is 7. The number of hydrogen-bond acceptors (Lipinski definition) is 4. The monoisotopic (exact) mass is 394 g/mol. The first-order valence-corrected chi connectivity index (χ1v) is 9.85. The summed E-state index contributed by atoms with van der Waals surface area (Å²) in [6.45, 7) is 3.03. The minimum Gasteiger partial charge on any atom is -0.497 e. The van der Waals surface area contributed by atoms with Crippen molar-refractivity contribution in [2.24, 2.45) is 0 Å². The molecule has 0 atom stereocenters. The number of carbonyl (C=O) groups is 2. The molecule has 1 heterocycles. The fraction of sp³-hybridized carbons (Fsp3) is 0.182. The Morgan fingerprint density at radius 1 is 1.07 bits per heavy atom. The highest BCUT2D eigenvalue weighted by molar-refractivity contribution is 7.12. The molecule has 0 aliphatic heterocycles. The topological polar surface area (TPSA) is 58.6 Å². The molecule has 3 aromatic rings. The Bertz CT molecular complexity index is 937. The molecule has 28 heavy (non-hydrogen) atoms. The van der Waals surface area contributed by atoms with E-state index in [4.69, 9.17) is 4.74 Å². The van der Waals surface area contributed by atoms with E-state index >= 15 is 0 Å². The summed E-state index contributed by atoms with van der Waals surface area (Å²) < 4.78 is 5.17. The summed E-state index contributed by atoms with van der Waals surface area (Å²) in [6, 6.07) is 18.3. The van der Waals surface area contributed by atoms with Gasteiger partial charge in [-0.05, 0) is 54.3 Å². The molecule has 6 heteroatoms. The van der Waals surface area contributed by atoms with E-state index in [0.29, 0.717) is 29.2 Å². The maximum absolute atomic E-state index is 13.0. The summed E-state index contributed by atoms with van der Waals surface area (Å²) in [4.78, 5) is 27.6. The van der Waals surface area contributed by atoms with E-state index in [1.807, 2.05) is 42.6 Å². The summed E-state index contributed by atoms with van der Waals surface area (Å²) in [5.74, 6) is 0.531. The standard InChI is InChI=1S/C22H22N2O3S/c1-3-24(15-16-9-11-19(27-2)12-10-16)22(26)17-6-4-7-18(14-17)23-21(25)20-8-5-13-28-20/h4-14H,3,15H2,1-2H3,(H,23,25). The lowest BCUT2D eigenvalue weighted by Gasteiger charge is -2.21. The van der Waals surface area contributed by atoms with Gasteiger partial charge in [0.05, 0.1) is 12.0 Å². The minimum absolute atomic E-state index is 0.0782. The normalized spacial score (nSPS) is 10.4. The van der Waals surface area contributed by atoms with Crippen LogP contribution in [0.2, 0.25) is 0 Å². The fourth-order valence-corrected chi connectivity index (χ4v) is 3.41. The Morgan fingerprint density at radius 2 is 1.86 bits per heavy atom. The number of thiophene rings is 1. The van der Waals surface area contributed by atoms with Crippen molar-refractivity contribution < 1.29 is 14.3 Å². The maximum atomic E-state index is 13.0. The van der Waals surface area contributed by atoms with Gasteiger partial charge in [0.2, 0.25) is 0 Å². The number of benzene rings is 2. The Hall–Kier alpha value is -3.12. The average molecular weight is 394 g/mol. The summed E-state index contributed by atoms with van der Waals surface area (Å²) in [6.07, 6.45) is 0. The molecule has 2 amide bonds. The number of amides is 2. The van der Waals surface area contributed by atoms with Crippen LogP contribution in [0.15, 0.2) is 66.0 Å². The first-order valence-electron chi connectivity index (χ1n) is 8.98. The third-order valence-electron chi connectivity index (χ3n) is 4.31. The molecule has 1 N–H and O–H groups in total. The first kappa shape index (κ1) is 19.6. The van der Waals surface area contributed by atoms with Crippen LogP contribution in [0.25, 0.3) is 0 Å². The van der Waals surface area contributed by atoms with Crippen molar-refractivity contribution in [3.63, 3.8) is 0 Å². The first-order chi connectivity index (χ1) is 13.6. The van der Waals surface area contributed by atoms with E-state index in [1.54, 1.807) is 42.3 Å². The smallest absolute Gasteiger partial charge is 0.265 e. The van der Waals surface area contributed by atoms with E-state index in [2.05, 4.69) is 5.32 Å². The molecular formula is C22H22N2O3S. The Balaban J connectivity index is 1.71. The Labute approximate surface area is 168 Å². The van der Waals surface area contributed by atoms with Crippen molar-refractivity contribution >= 4 is 28.8 Å². The molecule has 0 saturated carbocycles. The summed E-state index contributed by atoms with van der Waals surface area (Å²) in [7, 11) is 1.63. The number of carbonyl (C=O) groups excluding carboxylic acids is 2. The summed E-state index contributed by atoms with van der Waals surface area (Å²) in [5.41, 5.74) is 2.17. The molecule has 0 aliphatic rings. The zero-order valence-corrected chi connectivity index (χ0v) is 16.7. The number of nitrogens with one attached hydrogen (secondary N) is 1. The van der Waals surface area contributed by atoms with Crippen LogP contribution in [-0.4, -0.2) is 30.4 Å². The molecule has 2 aromatic carbocycles. The molecule has 3 rings (SSSR count). The van der Waals surface area contributed by atoms with Gasteiger partial charge in [0, 0.05) is 24.3 Å². The molecule has 5 nitrogen and oxygen atoms in total. The molecule has 0 fully saturated rings. The van der Waals surface area contributed by atoms with Gasteiger partial charge in [-0.25, -0.2) is 0 Å². The lowest BCUT2D eigenvalue weighted by Crippen LogP contribution is -2.30. The Kier molecular flexibility index (Phi) is 6.45. The maximum Gasteiger partial charge on any atom is 0.265 e. The van der Waals surface area contributed by atoms with Gasteiger partial charge in [0.15, 0.2) is 0 Å². The van der Waals surface area contributed by atoms with Gasteiger partial charge in [0.25, 0.3) is 11.8 Å². The van der Waals surface area contributed by atoms with Crippen LogP contribution in [0.1, 0.15) is 32.5 Å². The fourth-order valence-electron chi connectivity index (χ4n) is 2.79. The predicted octanol–water partition coefficient (Wildman–Crippen LogP) is 4.67. The van der Waals surface area contributed by atoms with Crippen molar-refractivity contribution in [2.75, 3.05) is 19.0 Å². The Morgan fingerprint density at radius 3 is 2.50 bits per heavy atom. The van der Waals surface area contributed by atoms with Gasteiger partial charge in [0.1, 0.15) is 5.75 Å². The third kappa shape index (κ3) is 4.78. The van der Waals surface area contributed by atoms with E-state index in [9.17, 15) is 9.59 Å². The SMILES string of the molecule is CCN(Cc1ccc(OC)cc1)C(=O)c1cccc(NC(=O)c2cccs2)c1. The van der Waals surface area contributed by atoms with Crippen molar-refractivity contribution in [3.8, 4) is 5.75 Å². The van der Waals surface area contributed by atoms with Crippen LogP contribution in [0.3, 0.4) is 0 Å². The minimum atomic E-state index is -0.176. The molecule has 0 aliphatic carbocycles. The van der Waals surface area contributed by atoms with Crippen molar-refractivity contribution in [1.82, 2.24) is 4.90 Å². The van der Waals surface area contributed by atoms with Crippen molar-refractivity contribution in [1.29, 1.82) is 0 Å².